The van der Waals surface area contributed by atoms with Crippen LogP contribution < -0.4 is 5.69 Å². The number of ether oxygens (including phenoxy) is 1. The second kappa shape index (κ2) is 6.21. The zero-order valence-corrected chi connectivity index (χ0v) is 14.5. The molecule has 1 aromatic heterocycles. The average molecular weight is 360 g/mol. The first kappa shape index (κ1) is 17.0. The predicted octanol–water partition coefficient (Wildman–Crippen LogP) is 2.35. The third kappa shape index (κ3) is 2.74. The number of aromatic nitrogens is 2. The minimum absolute atomic E-state index is 0.0352. The van der Waals surface area contributed by atoms with Gasteiger partial charge in [-0.05, 0) is 38.1 Å². The van der Waals surface area contributed by atoms with Crippen molar-refractivity contribution in [1.29, 1.82) is 0 Å². The number of fused-ring (bicyclic) bond motifs is 1. The zero-order valence-electron chi connectivity index (χ0n) is 13.7. The molecule has 0 aliphatic heterocycles. The second-order valence-electron chi connectivity index (χ2n) is 5.39. The van der Waals surface area contributed by atoms with E-state index in [-0.39, 0.29) is 22.5 Å². The van der Waals surface area contributed by atoms with Gasteiger partial charge in [-0.1, -0.05) is 29.8 Å². The van der Waals surface area contributed by atoms with Gasteiger partial charge in [-0.25, -0.2) is 18.0 Å². The van der Waals surface area contributed by atoms with E-state index in [2.05, 4.69) is 0 Å². The lowest BCUT2D eigenvalue weighted by atomic mass is 10.2. The van der Waals surface area contributed by atoms with Crippen LogP contribution in [0, 0.1) is 6.92 Å². The maximum atomic E-state index is 13.0. The van der Waals surface area contributed by atoms with Crippen LogP contribution in [-0.4, -0.2) is 29.7 Å². The Kier molecular flexibility index (Phi) is 4.22. The average Bonchev–Trinajstić information content (AvgIpc) is 2.88. The number of para-hydroxylation sites is 2. The Morgan fingerprint density at radius 3 is 2.24 bits per heavy atom. The molecule has 2 aromatic carbocycles. The van der Waals surface area contributed by atoms with Gasteiger partial charge in [0.25, 0.3) is 10.0 Å². The Morgan fingerprint density at radius 1 is 1.04 bits per heavy atom. The summed E-state index contributed by atoms with van der Waals surface area (Å²) < 4.78 is 32.2. The molecule has 0 atom stereocenters. The smallest absolute Gasteiger partial charge is 0.422 e. The highest BCUT2D eigenvalue weighted by atomic mass is 32.2. The Bertz CT molecular complexity index is 1110. The van der Waals surface area contributed by atoms with Gasteiger partial charge in [-0.2, -0.15) is 8.54 Å². The van der Waals surface area contributed by atoms with Crippen LogP contribution in [0.1, 0.15) is 12.5 Å². The molecule has 0 spiro atoms. The molecule has 0 aliphatic rings. The Hall–Kier alpha value is -2.87. The Labute approximate surface area is 144 Å². The number of nitrogens with zero attached hydrogens (tertiary/aromatic N) is 2. The van der Waals surface area contributed by atoms with Crippen molar-refractivity contribution in [2.75, 3.05) is 6.61 Å². The molecule has 0 amide bonds. The Morgan fingerprint density at radius 2 is 1.64 bits per heavy atom. The topological polar surface area (TPSA) is 87.4 Å². The number of hydrogen-bond acceptors (Lipinski definition) is 5. The standard InChI is InChI=1S/C17H16N2O5S/c1-3-24-17(21)18-14-6-4-5-7-15(14)19(16(18)20)25(22,23)13-10-8-12(2)9-11-13/h4-11H,3H2,1-2H3. The number of hydrogen-bond donors (Lipinski definition) is 0. The van der Waals surface area contributed by atoms with Crippen molar-refractivity contribution in [3.05, 3.63) is 64.6 Å². The van der Waals surface area contributed by atoms with Gasteiger partial charge in [0.1, 0.15) is 0 Å². The molecule has 3 aromatic rings. The second-order valence-corrected chi connectivity index (χ2v) is 7.17. The first-order chi connectivity index (χ1) is 11.9. The van der Waals surface area contributed by atoms with Gasteiger partial charge in [-0.3, -0.25) is 0 Å². The lowest BCUT2D eigenvalue weighted by Crippen LogP contribution is -2.33. The maximum absolute atomic E-state index is 13.0. The SMILES string of the molecule is CCOC(=O)n1c(=O)n(S(=O)(=O)c2ccc(C)cc2)c2ccccc21. The van der Waals surface area contributed by atoms with E-state index in [1.807, 2.05) is 6.92 Å². The van der Waals surface area contributed by atoms with Gasteiger partial charge in [0.2, 0.25) is 0 Å². The van der Waals surface area contributed by atoms with E-state index in [4.69, 9.17) is 4.74 Å². The third-order valence-corrected chi connectivity index (χ3v) is 5.42. The molecular weight excluding hydrogens is 344 g/mol. The van der Waals surface area contributed by atoms with Crippen LogP contribution in [0.15, 0.2) is 58.2 Å². The number of imidazole rings is 1. The summed E-state index contributed by atoms with van der Waals surface area (Å²) in [6, 6.07) is 12.3. The summed E-state index contributed by atoms with van der Waals surface area (Å²) in [4.78, 5) is 24.8. The molecule has 130 valence electrons. The van der Waals surface area contributed by atoms with Crippen LogP contribution in [0.25, 0.3) is 11.0 Å². The summed E-state index contributed by atoms with van der Waals surface area (Å²) in [5.74, 6) is 0. The van der Waals surface area contributed by atoms with Gasteiger partial charge in [-0.15, -0.1) is 0 Å². The summed E-state index contributed by atoms with van der Waals surface area (Å²) in [6.45, 7) is 3.50. The molecule has 0 aliphatic carbocycles. The van der Waals surface area contributed by atoms with Crippen molar-refractivity contribution in [1.82, 2.24) is 8.54 Å². The van der Waals surface area contributed by atoms with Gasteiger partial charge in [0, 0.05) is 0 Å². The lowest BCUT2D eigenvalue weighted by molar-refractivity contribution is 0.154. The third-order valence-electron chi connectivity index (χ3n) is 3.72. The van der Waals surface area contributed by atoms with Gasteiger partial charge < -0.3 is 4.74 Å². The number of benzene rings is 2. The summed E-state index contributed by atoms with van der Waals surface area (Å²) in [5, 5.41) is 0. The zero-order chi connectivity index (χ0) is 18.2. The molecular formula is C17H16N2O5S. The highest BCUT2D eigenvalue weighted by Gasteiger charge is 2.27. The predicted molar refractivity (Wildman–Crippen MR) is 92.4 cm³/mol. The molecule has 0 fully saturated rings. The monoisotopic (exact) mass is 360 g/mol. The van der Waals surface area contributed by atoms with Gasteiger partial charge in [0.15, 0.2) is 0 Å². The molecule has 25 heavy (non-hydrogen) atoms. The van der Waals surface area contributed by atoms with Crippen LogP contribution in [0.2, 0.25) is 0 Å². The van der Waals surface area contributed by atoms with Crippen LogP contribution in [0.5, 0.6) is 0 Å². The van der Waals surface area contributed by atoms with Crippen molar-refractivity contribution < 1.29 is 17.9 Å². The van der Waals surface area contributed by atoms with Crippen molar-refractivity contribution in [3.63, 3.8) is 0 Å². The van der Waals surface area contributed by atoms with Gasteiger partial charge in [0.05, 0.1) is 22.5 Å². The van der Waals surface area contributed by atoms with Crippen molar-refractivity contribution >= 4 is 27.1 Å². The Balaban J connectivity index is 2.34. The van der Waals surface area contributed by atoms with E-state index in [1.54, 1.807) is 31.2 Å². The van der Waals surface area contributed by atoms with Crippen molar-refractivity contribution in [2.45, 2.75) is 18.7 Å². The van der Waals surface area contributed by atoms with Crippen LogP contribution >= 0.6 is 0 Å². The molecule has 7 nitrogen and oxygen atoms in total. The highest BCUT2D eigenvalue weighted by molar-refractivity contribution is 7.90. The molecule has 0 bridgehead atoms. The molecule has 0 saturated heterocycles. The van der Waals surface area contributed by atoms with Crippen molar-refractivity contribution in [3.8, 4) is 0 Å². The quantitative estimate of drug-likeness (QED) is 0.715. The molecule has 0 radical (unpaired) electrons. The molecule has 0 saturated carbocycles. The highest BCUT2D eigenvalue weighted by Crippen LogP contribution is 2.20. The van der Waals surface area contributed by atoms with E-state index >= 15 is 0 Å². The first-order valence-electron chi connectivity index (χ1n) is 7.59. The molecule has 1 heterocycles. The number of carbonyl (C=O) groups is 1. The molecule has 3 rings (SSSR count). The fourth-order valence-electron chi connectivity index (χ4n) is 2.53. The van der Waals surface area contributed by atoms with Crippen LogP contribution in [-0.2, 0) is 14.8 Å². The van der Waals surface area contributed by atoms with Crippen molar-refractivity contribution in [2.24, 2.45) is 0 Å². The van der Waals surface area contributed by atoms with Crippen LogP contribution in [0.4, 0.5) is 4.79 Å². The summed E-state index contributed by atoms with van der Waals surface area (Å²) in [5.41, 5.74) is 0.184. The summed E-state index contributed by atoms with van der Waals surface area (Å²) >= 11 is 0. The fraction of sp³-hybridized carbons (Fsp3) is 0.176. The molecule has 8 heteroatoms. The minimum Gasteiger partial charge on any atom is -0.449 e. The van der Waals surface area contributed by atoms with E-state index in [1.165, 1.54) is 24.3 Å². The van der Waals surface area contributed by atoms with E-state index in [0.29, 0.717) is 3.97 Å². The van der Waals surface area contributed by atoms with E-state index in [9.17, 15) is 18.0 Å². The molecule has 0 N–H and O–H groups in total. The van der Waals surface area contributed by atoms with Gasteiger partial charge >= 0.3 is 11.8 Å². The summed E-state index contributed by atoms with van der Waals surface area (Å²) in [6.07, 6.45) is -0.915. The normalized spacial score (nSPS) is 11.6. The number of aryl methyl sites for hydroxylation is 1. The lowest BCUT2D eigenvalue weighted by Gasteiger charge is -2.06. The number of carbonyl (C=O) groups excluding carboxylic acids is 1. The van der Waals surface area contributed by atoms with E-state index < -0.39 is 21.8 Å². The first-order valence-corrected chi connectivity index (χ1v) is 9.04. The van der Waals surface area contributed by atoms with Crippen LogP contribution in [0.3, 0.4) is 0 Å². The fourth-order valence-corrected chi connectivity index (χ4v) is 3.93. The van der Waals surface area contributed by atoms with E-state index in [0.717, 1.165) is 10.1 Å². The number of rotatable bonds is 3. The maximum Gasteiger partial charge on any atom is 0.422 e. The summed E-state index contributed by atoms with van der Waals surface area (Å²) in [7, 11) is -4.17. The molecule has 0 unspecified atom stereocenters. The minimum atomic E-state index is -4.17. The largest absolute Gasteiger partial charge is 0.449 e.